The zero-order valence-electron chi connectivity index (χ0n) is 8.80. The van der Waals surface area contributed by atoms with E-state index in [9.17, 15) is 4.79 Å². The van der Waals surface area contributed by atoms with E-state index in [1.807, 2.05) is 0 Å². The van der Waals surface area contributed by atoms with Gasteiger partial charge in [0.05, 0.1) is 12.6 Å². The van der Waals surface area contributed by atoms with Gasteiger partial charge in [0.1, 0.15) is 0 Å². The Bertz CT molecular complexity index is 193. The molecule has 14 heavy (non-hydrogen) atoms. The maximum Gasteiger partial charge on any atom is 0.163 e. The summed E-state index contributed by atoms with van der Waals surface area (Å²) in [6.45, 7) is 3.95. The first-order valence-corrected chi connectivity index (χ1v) is 5.85. The molecule has 3 heteroatoms. The Morgan fingerprint density at radius 2 is 1.86 bits per heavy atom. The Morgan fingerprint density at radius 1 is 1.21 bits per heavy atom. The Balaban J connectivity index is 1.74. The fourth-order valence-corrected chi connectivity index (χ4v) is 2.19. The molecule has 1 unspecified atom stereocenters. The van der Waals surface area contributed by atoms with E-state index in [4.69, 9.17) is 0 Å². The van der Waals surface area contributed by atoms with Crippen LogP contribution >= 0.6 is 0 Å². The standard InChI is InChI=1S/C11H20N2O/c14-11(10-5-6-12-10)9-13-7-3-1-2-4-8-13/h10,12H,1-9H2. The van der Waals surface area contributed by atoms with Gasteiger partial charge in [-0.25, -0.2) is 0 Å². The summed E-state index contributed by atoms with van der Waals surface area (Å²) in [5, 5.41) is 3.17. The van der Waals surface area contributed by atoms with Crippen LogP contribution in [-0.4, -0.2) is 42.9 Å². The number of carbonyl (C=O) groups is 1. The molecule has 2 fully saturated rings. The second-order valence-corrected chi connectivity index (χ2v) is 4.45. The summed E-state index contributed by atoms with van der Waals surface area (Å²) in [5.41, 5.74) is 0. The van der Waals surface area contributed by atoms with Crippen LogP contribution in [0.3, 0.4) is 0 Å². The smallest absolute Gasteiger partial charge is 0.163 e. The minimum absolute atomic E-state index is 0.179. The molecule has 1 N–H and O–H groups in total. The first-order chi connectivity index (χ1) is 6.86. The van der Waals surface area contributed by atoms with Crippen molar-refractivity contribution in [3.05, 3.63) is 0 Å². The van der Waals surface area contributed by atoms with E-state index < -0.39 is 0 Å². The predicted octanol–water partition coefficient (Wildman–Crippen LogP) is 0.793. The van der Waals surface area contributed by atoms with Crippen molar-refractivity contribution in [3.63, 3.8) is 0 Å². The monoisotopic (exact) mass is 196 g/mol. The van der Waals surface area contributed by atoms with Crippen molar-refractivity contribution in [3.8, 4) is 0 Å². The second kappa shape index (κ2) is 4.89. The summed E-state index contributed by atoms with van der Waals surface area (Å²) in [5.74, 6) is 0.401. The van der Waals surface area contributed by atoms with Crippen LogP contribution in [0.15, 0.2) is 0 Å². The van der Waals surface area contributed by atoms with Crippen molar-refractivity contribution in [1.82, 2.24) is 10.2 Å². The van der Waals surface area contributed by atoms with Gasteiger partial charge < -0.3 is 5.32 Å². The summed E-state index contributed by atoms with van der Waals surface area (Å²) >= 11 is 0. The zero-order valence-corrected chi connectivity index (χ0v) is 8.80. The fourth-order valence-electron chi connectivity index (χ4n) is 2.19. The van der Waals surface area contributed by atoms with Crippen LogP contribution in [0.5, 0.6) is 0 Å². The number of nitrogens with zero attached hydrogens (tertiary/aromatic N) is 1. The topological polar surface area (TPSA) is 32.3 Å². The van der Waals surface area contributed by atoms with Crippen molar-refractivity contribution in [1.29, 1.82) is 0 Å². The second-order valence-electron chi connectivity index (χ2n) is 4.45. The van der Waals surface area contributed by atoms with Crippen LogP contribution in [0, 0.1) is 0 Å². The molecule has 0 saturated carbocycles. The average molecular weight is 196 g/mol. The average Bonchev–Trinajstić information content (AvgIpc) is 2.29. The maximum absolute atomic E-state index is 11.7. The van der Waals surface area contributed by atoms with Crippen molar-refractivity contribution in [2.45, 2.75) is 38.1 Å². The van der Waals surface area contributed by atoms with Gasteiger partial charge in [0.2, 0.25) is 0 Å². The van der Waals surface area contributed by atoms with Crippen LogP contribution in [-0.2, 0) is 4.79 Å². The molecule has 2 heterocycles. The zero-order chi connectivity index (χ0) is 9.80. The Kier molecular flexibility index (Phi) is 3.54. The molecule has 2 aliphatic rings. The quantitative estimate of drug-likeness (QED) is 0.724. The predicted molar refractivity (Wildman–Crippen MR) is 56.3 cm³/mol. The van der Waals surface area contributed by atoms with Gasteiger partial charge in [-0.3, -0.25) is 9.69 Å². The van der Waals surface area contributed by atoms with Crippen molar-refractivity contribution >= 4 is 5.78 Å². The first-order valence-electron chi connectivity index (χ1n) is 5.85. The molecule has 0 aromatic carbocycles. The number of hydrogen-bond acceptors (Lipinski definition) is 3. The molecule has 2 aliphatic heterocycles. The van der Waals surface area contributed by atoms with Crippen LogP contribution in [0.1, 0.15) is 32.1 Å². The number of likely N-dealkylation sites (tertiary alicyclic amines) is 1. The van der Waals surface area contributed by atoms with Gasteiger partial charge in [-0.1, -0.05) is 12.8 Å². The molecule has 2 rings (SSSR count). The minimum Gasteiger partial charge on any atom is -0.307 e. The molecular formula is C11H20N2O. The van der Waals surface area contributed by atoms with Gasteiger partial charge in [0.15, 0.2) is 5.78 Å². The molecule has 0 spiro atoms. The Morgan fingerprint density at radius 3 is 2.36 bits per heavy atom. The highest BCUT2D eigenvalue weighted by Gasteiger charge is 2.25. The van der Waals surface area contributed by atoms with E-state index >= 15 is 0 Å². The molecule has 3 nitrogen and oxygen atoms in total. The molecule has 2 saturated heterocycles. The molecule has 0 amide bonds. The van der Waals surface area contributed by atoms with E-state index in [0.717, 1.165) is 26.1 Å². The third-order valence-electron chi connectivity index (χ3n) is 3.29. The van der Waals surface area contributed by atoms with Crippen LogP contribution in [0.4, 0.5) is 0 Å². The molecule has 0 aliphatic carbocycles. The number of ketones is 1. The molecule has 1 atom stereocenters. The van der Waals surface area contributed by atoms with E-state index in [0.29, 0.717) is 12.3 Å². The van der Waals surface area contributed by atoms with E-state index in [1.54, 1.807) is 0 Å². The normalized spacial score (nSPS) is 29.3. The number of nitrogens with one attached hydrogen (secondary N) is 1. The molecule has 0 bridgehead atoms. The van der Waals surface area contributed by atoms with E-state index in [-0.39, 0.29) is 6.04 Å². The summed E-state index contributed by atoms with van der Waals surface area (Å²) in [6.07, 6.45) is 6.27. The Hall–Kier alpha value is -0.410. The number of Topliss-reactive ketones (excluding diaryl/α,β-unsaturated/α-hetero) is 1. The highest BCUT2D eigenvalue weighted by atomic mass is 16.1. The van der Waals surface area contributed by atoms with Crippen LogP contribution in [0.2, 0.25) is 0 Å². The van der Waals surface area contributed by atoms with E-state index in [1.165, 1.54) is 25.7 Å². The number of hydrogen-bond donors (Lipinski definition) is 1. The van der Waals surface area contributed by atoms with Gasteiger partial charge in [-0.2, -0.15) is 0 Å². The summed E-state index contributed by atoms with van der Waals surface area (Å²) in [7, 11) is 0. The molecule has 0 aromatic heterocycles. The summed E-state index contributed by atoms with van der Waals surface area (Å²) in [6, 6.07) is 0.179. The minimum atomic E-state index is 0.179. The fraction of sp³-hybridized carbons (Fsp3) is 0.909. The molecule has 80 valence electrons. The van der Waals surface area contributed by atoms with Crippen molar-refractivity contribution in [2.75, 3.05) is 26.2 Å². The lowest BCUT2D eigenvalue weighted by Crippen LogP contribution is -2.51. The largest absolute Gasteiger partial charge is 0.307 e. The van der Waals surface area contributed by atoms with Gasteiger partial charge in [-0.15, -0.1) is 0 Å². The van der Waals surface area contributed by atoms with Crippen LogP contribution < -0.4 is 5.32 Å². The maximum atomic E-state index is 11.7. The molecule has 0 aromatic rings. The SMILES string of the molecule is O=C(CN1CCCCCC1)C1CCN1. The third-order valence-corrected chi connectivity index (χ3v) is 3.29. The highest BCUT2D eigenvalue weighted by molar-refractivity contribution is 5.86. The lowest BCUT2D eigenvalue weighted by Gasteiger charge is -2.29. The van der Waals surface area contributed by atoms with E-state index in [2.05, 4.69) is 10.2 Å². The molecule has 0 radical (unpaired) electrons. The van der Waals surface area contributed by atoms with Crippen molar-refractivity contribution in [2.24, 2.45) is 0 Å². The molecular weight excluding hydrogens is 176 g/mol. The highest BCUT2D eigenvalue weighted by Crippen LogP contribution is 2.11. The third kappa shape index (κ3) is 2.55. The van der Waals surface area contributed by atoms with Gasteiger partial charge >= 0.3 is 0 Å². The summed E-state index contributed by atoms with van der Waals surface area (Å²) < 4.78 is 0. The summed E-state index contributed by atoms with van der Waals surface area (Å²) in [4.78, 5) is 14.0. The van der Waals surface area contributed by atoms with Crippen molar-refractivity contribution < 1.29 is 4.79 Å². The Labute approximate surface area is 85.8 Å². The van der Waals surface area contributed by atoms with Gasteiger partial charge in [-0.05, 0) is 38.9 Å². The lowest BCUT2D eigenvalue weighted by molar-refractivity contribution is -0.123. The lowest BCUT2D eigenvalue weighted by atomic mass is 10.0. The van der Waals surface area contributed by atoms with Gasteiger partial charge in [0.25, 0.3) is 0 Å². The first kappa shape index (κ1) is 10.1. The number of carbonyl (C=O) groups excluding carboxylic acids is 1. The van der Waals surface area contributed by atoms with Gasteiger partial charge in [0, 0.05) is 0 Å². The van der Waals surface area contributed by atoms with Crippen LogP contribution in [0.25, 0.3) is 0 Å². The number of rotatable bonds is 3.